The van der Waals surface area contributed by atoms with Crippen LogP contribution in [0.4, 0.5) is 13.2 Å². The van der Waals surface area contributed by atoms with Crippen LogP contribution in [0.2, 0.25) is 5.02 Å². The van der Waals surface area contributed by atoms with Gasteiger partial charge in [0.15, 0.2) is 0 Å². The quantitative estimate of drug-likeness (QED) is 0.858. The van der Waals surface area contributed by atoms with Crippen molar-refractivity contribution in [2.24, 2.45) is 5.73 Å². The maximum atomic E-state index is 12.6. The third-order valence-corrected chi connectivity index (χ3v) is 2.65. The van der Waals surface area contributed by atoms with Crippen LogP contribution in [0.25, 0.3) is 0 Å². The lowest BCUT2D eigenvalue weighted by molar-refractivity contribution is -0.137. The van der Waals surface area contributed by atoms with Gasteiger partial charge in [0.1, 0.15) is 0 Å². The normalized spacial score (nSPS) is 13.9. The number of hydrogen-bond acceptors (Lipinski definition) is 1. The van der Waals surface area contributed by atoms with Crippen molar-refractivity contribution >= 4 is 11.6 Å². The average Bonchev–Trinajstić information content (AvgIpc) is 2.16. The van der Waals surface area contributed by atoms with Crippen LogP contribution >= 0.6 is 11.6 Å². The Morgan fingerprint density at radius 1 is 1.38 bits per heavy atom. The summed E-state index contributed by atoms with van der Waals surface area (Å²) in [5, 5.41) is -0.292. The number of rotatable bonds is 3. The second-order valence-electron chi connectivity index (χ2n) is 3.63. The molecule has 0 spiro atoms. The summed E-state index contributed by atoms with van der Waals surface area (Å²) in [4.78, 5) is 0. The Bertz CT molecular complexity index is 363. The van der Waals surface area contributed by atoms with Gasteiger partial charge in [-0.1, -0.05) is 31.0 Å². The zero-order valence-electron chi connectivity index (χ0n) is 8.81. The van der Waals surface area contributed by atoms with Crippen LogP contribution in [0.5, 0.6) is 0 Å². The van der Waals surface area contributed by atoms with Gasteiger partial charge in [-0.05, 0) is 24.1 Å². The van der Waals surface area contributed by atoms with Crippen molar-refractivity contribution in [3.8, 4) is 0 Å². The molecule has 0 aliphatic carbocycles. The number of benzene rings is 1. The highest BCUT2D eigenvalue weighted by Crippen LogP contribution is 2.36. The summed E-state index contributed by atoms with van der Waals surface area (Å²) in [6.45, 7) is 1.93. The maximum absolute atomic E-state index is 12.6. The Morgan fingerprint density at radius 3 is 2.50 bits per heavy atom. The Morgan fingerprint density at radius 2 is 2.00 bits per heavy atom. The summed E-state index contributed by atoms with van der Waals surface area (Å²) in [7, 11) is 0. The van der Waals surface area contributed by atoms with Crippen LogP contribution in [-0.2, 0) is 6.18 Å². The highest BCUT2D eigenvalue weighted by Gasteiger charge is 2.33. The van der Waals surface area contributed by atoms with Crippen molar-refractivity contribution in [2.45, 2.75) is 32.0 Å². The Kier molecular flexibility index (Phi) is 4.21. The molecule has 0 aromatic heterocycles. The zero-order chi connectivity index (χ0) is 12.3. The molecule has 5 heteroatoms. The van der Waals surface area contributed by atoms with Crippen LogP contribution in [0, 0.1) is 0 Å². The van der Waals surface area contributed by atoms with E-state index in [-0.39, 0.29) is 11.1 Å². The van der Waals surface area contributed by atoms with Gasteiger partial charge in [0.2, 0.25) is 0 Å². The van der Waals surface area contributed by atoms with Crippen LogP contribution in [-0.4, -0.2) is 0 Å². The summed E-state index contributed by atoms with van der Waals surface area (Å²) < 4.78 is 37.7. The lowest BCUT2D eigenvalue weighted by atomic mass is 10.0. The molecule has 1 rings (SSSR count). The predicted octanol–water partition coefficient (Wildman–Crippen LogP) is 4.16. The maximum Gasteiger partial charge on any atom is 0.417 e. The van der Waals surface area contributed by atoms with Gasteiger partial charge in [0.25, 0.3) is 0 Å². The van der Waals surface area contributed by atoms with Crippen molar-refractivity contribution in [3.05, 3.63) is 34.3 Å². The first kappa shape index (κ1) is 13.3. The molecule has 1 aromatic rings. The van der Waals surface area contributed by atoms with Gasteiger partial charge in [-0.2, -0.15) is 13.2 Å². The summed E-state index contributed by atoms with van der Waals surface area (Å²) in [5.74, 6) is 0. The molecule has 0 unspecified atom stereocenters. The smallest absolute Gasteiger partial charge is 0.324 e. The third kappa shape index (κ3) is 3.12. The molecule has 0 amide bonds. The van der Waals surface area contributed by atoms with Crippen LogP contribution in [0.3, 0.4) is 0 Å². The molecule has 0 radical (unpaired) electrons. The van der Waals surface area contributed by atoms with E-state index in [1.165, 1.54) is 12.1 Å². The van der Waals surface area contributed by atoms with Gasteiger partial charge in [0, 0.05) is 6.04 Å². The molecule has 1 aromatic carbocycles. The number of hydrogen-bond donors (Lipinski definition) is 1. The molecular formula is C11H13ClF3N. The van der Waals surface area contributed by atoms with E-state index < -0.39 is 11.7 Å². The van der Waals surface area contributed by atoms with Crippen molar-refractivity contribution in [3.63, 3.8) is 0 Å². The molecule has 0 saturated carbocycles. The van der Waals surface area contributed by atoms with Crippen molar-refractivity contribution in [1.29, 1.82) is 0 Å². The molecule has 1 nitrogen and oxygen atoms in total. The number of nitrogens with two attached hydrogens (primary N) is 1. The molecule has 0 bridgehead atoms. The predicted molar refractivity (Wildman–Crippen MR) is 58.3 cm³/mol. The van der Waals surface area contributed by atoms with Gasteiger partial charge >= 0.3 is 6.18 Å². The summed E-state index contributed by atoms with van der Waals surface area (Å²) in [5.41, 5.74) is 5.41. The number of alkyl halides is 3. The first-order valence-corrected chi connectivity index (χ1v) is 5.36. The molecule has 0 saturated heterocycles. The summed E-state index contributed by atoms with van der Waals surface area (Å²) >= 11 is 5.50. The first-order valence-electron chi connectivity index (χ1n) is 4.98. The van der Waals surface area contributed by atoms with Crippen molar-refractivity contribution < 1.29 is 13.2 Å². The fourth-order valence-electron chi connectivity index (χ4n) is 1.47. The van der Waals surface area contributed by atoms with E-state index in [2.05, 4.69) is 0 Å². The van der Waals surface area contributed by atoms with Crippen molar-refractivity contribution in [1.82, 2.24) is 0 Å². The van der Waals surface area contributed by atoms with E-state index in [9.17, 15) is 13.2 Å². The van der Waals surface area contributed by atoms with E-state index >= 15 is 0 Å². The molecule has 0 fully saturated rings. The second-order valence-corrected chi connectivity index (χ2v) is 4.04. The lowest BCUT2D eigenvalue weighted by Gasteiger charge is -2.15. The van der Waals surface area contributed by atoms with Crippen molar-refractivity contribution in [2.75, 3.05) is 0 Å². The third-order valence-electron chi connectivity index (χ3n) is 2.32. The average molecular weight is 252 g/mol. The summed E-state index contributed by atoms with van der Waals surface area (Å²) in [6.07, 6.45) is -2.96. The minimum Gasteiger partial charge on any atom is -0.324 e. The van der Waals surface area contributed by atoms with E-state index in [1.807, 2.05) is 6.92 Å². The molecule has 0 aliphatic heterocycles. The highest BCUT2D eigenvalue weighted by atomic mass is 35.5. The second kappa shape index (κ2) is 5.06. The van der Waals surface area contributed by atoms with E-state index in [0.717, 1.165) is 12.5 Å². The Balaban J connectivity index is 3.07. The lowest BCUT2D eigenvalue weighted by Crippen LogP contribution is -2.12. The highest BCUT2D eigenvalue weighted by molar-refractivity contribution is 6.31. The molecule has 0 heterocycles. The SMILES string of the molecule is CCC[C@@H](N)c1ccc(Cl)c(C(F)(F)F)c1. The first-order chi connectivity index (χ1) is 7.36. The molecule has 16 heavy (non-hydrogen) atoms. The van der Waals surface area contributed by atoms with E-state index in [1.54, 1.807) is 0 Å². The summed E-state index contributed by atoms with van der Waals surface area (Å²) in [6, 6.07) is 3.44. The molecule has 90 valence electrons. The Hall–Kier alpha value is -0.740. The van der Waals surface area contributed by atoms with E-state index in [0.29, 0.717) is 12.0 Å². The fraction of sp³-hybridized carbons (Fsp3) is 0.455. The van der Waals surface area contributed by atoms with Gasteiger partial charge in [0.05, 0.1) is 10.6 Å². The monoisotopic (exact) mass is 251 g/mol. The fourth-order valence-corrected chi connectivity index (χ4v) is 1.69. The van der Waals surface area contributed by atoms with Gasteiger partial charge in [-0.3, -0.25) is 0 Å². The molecule has 1 atom stereocenters. The van der Waals surface area contributed by atoms with Crippen LogP contribution in [0.1, 0.15) is 36.9 Å². The van der Waals surface area contributed by atoms with Gasteiger partial charge < -0.3 is 5.73 Å². The topological polar surface area (TPSA) is 26.0 Å². The minimum atomic E-state index is -4.43. The molecular weight excluding hydrogens is 239 g/mol. The van der Waals surface area contributed by atoms with Crippen LogP contribution < -0.4 is 5.73 Å². The Labute approximate surface area is 97.4 Å². The largest absolute Gasteiger partial charge is 0.417 e. The minimum absolute atomic E-state index is 0.292. The van der Waals surface area contributed by atoms with E-state index in [4.69, 9.17) is 17.3 Å². The number of halogens is 4. The van der Waals surface area contributed by atoms with Gasteiger partial charge in [-0.25, -0.2) is 0 Å². The van der Waals surface area contributed by atoms with Crippen LogP contribution in [0.15, 0.2) is 18.2 Å². The molecule has 0 aliphatic rings. The standard InChI is InChI=1S/C11H13ClF3N/c1-2-3-10(16)7-4-5-9(12)8(6-7)11(13,14)15/h4-6,10H,2-3,16H2,1H3/t10-/m1/s1. The molecule has 2 N–H and O–H groups in total. The zero-order valence-corrected chi connectivity index (χ0v) is 9.57. The van der Waals surface area contributed by atoms with Gasteiger partial charge in [-0.15, -0.1) is 0 Å².